The first-order valence-electron chi connectivity index (χ1n) is 9.71. The van der Waals surface area contributed by atoms with Crippen molar-refractivity contribution in [1.29, 1.82) is 0 Å². The zero-order valence-electron chi connectivity index (χ0n) is 16.6. The Hall–Kier alpha value is -2.87. The average Bonchev–Trinajstić information content (AvgIpc) is 2.78. The van der Waals surface area contributed by atoms with E-state index in [0.717, 1.165) is 48.4 Å². The van der Waals surface area contributed by atoms with E-state index in [1.165, 1.54) is 6.08 Å². The smallest absolute Gasteiger partial charge is 0.265 e. The molecule has 0 bridgehead atoms. The Balaban J connectivity index is 1.45. The van der Waals surface area contributed by atoms with Crippen LogP contribution in [0.25, 0.3) is 6.08 Å². The molecule has 8 heteroatoms. The molecule has 0 aliphatic carbocycles. The first kappa shape index (κ1) is 21.8. The molecule has 1 aliphatic rings. The maximum atomic E-state index is 12.3. The lowest BCUT2D eigenvalue weighted by atomic mass is 10.1. The Morgan fingerprint density at radius 1 is 1.17 bits per heavy atom. The van der Waals surface area contributed by atoms with Crippen molar-refractivity contribution in [3.8, 4) is 0 Å². The number of anilines is 2. The first-order valence-corrected chi connectivity index (χ1v) is 10.1. The predicted molar refractivity (Wildman–Crippen MR) is 120 cm³/mol. The van der Waals surface area contributed by atoms with Crippen molar-refractivity contribution in [1.82, 2.24) is 4.90 Å². The molecule has 30 heavy (non-hydrogen) atoms. The lowest BCUT2D eigenvalue weighted by molar-refractivity contribution is -0.113. The van der Waals surface area contributed by atoms with E-state index in [1.54, 1.807) is 36.6 Å². The average molecular weight is 429 g/mol. The Bertz CT molecular complexity index is 880. The zero-order valence-corrected chi connectivity index (χ0v) is 17.4. The van der Waals surface area contributed by atoms with E-state index in [4.69, 9.17) is 27.1 Å². The molecule has 7 nitrogen and oxygen atoms in total. The van der Waals surface area contributed by atoms with Crippen LogP contribution >= 0.6 is 11.8 Å². The quantitative estimate of drug-likeness (QED) is 0.174. The third-order valence-electron chi connectivity index (χ3n) is 4.58. The van der Waals surface area contributed by atoms with Crippen molar-refractivity contribution in [3.05, 3.63) is 65.7 Å². The van der Waals surface area contributed by atoms with Gasteiger partial charge in [-0.3, -0.25) is 9.69 Å². The number of nitrogens with two attached hydrogens (primary N) is 1. The number of hydrogen-bond acceptors (Lipinski definition) is 6. The molecule has 0 saturated carbocycles. The summed E-state index contributed by atoms with van der Waals surface area (Å²) in [4.78, 5) is 19.9. The van der Waals surface area contributed by atoms with Crippen molar-refractivity contribution in [2.75, 3.05) is 49.6 Å². The summed E-state index contributed by atoms with van der Waals surface area (Å²) in [5.41, 5.74) is 8.50. The van der Waals surface area contributed by atoms with Gasteiger partial charge in [-0.2, -0.15) is 0 Å². The van der Waals surface area contributed by atoms with Crippen LogP contribution in [0.3, 0.4) is 0 Å². The lowest BCUT2D eigenvalue weighted by Crippen LogP contribution is -2.38. The van der Waals surface area contributed by atoms with Crippen LogP contribution in [0.5, 0.6) is 0 Å². The van der Waals surface area contributed by atoms with Crippen LogP contribution in [0.2, 0.25) is 0 Å². The molecule has 158 valence electrons. The minimum atomic E-state index is -0.381. The van der Waals surface area contributed by atoms with Crippen LogP contribution in [0.4, 0.5) is 11.4 Å². The minimum Gasteiger partial charge on any atom is -0.397 e. The highest BCUT2D eigenvalue weighted by atomic mass is 35.5. The van der Waals surface area contributed by atoms with Crippen LogP contribution in [-0.4, -0.2) is 56.5 Å². The van der Waals surface area contributed by atoms with E-state index >= 15 is 0 Å². The van der Waals surface area contributed by atoms with Gasteiger partial charge in [0.1, 0.15) is 6.61 Å². The van der Waals surface area contributed by atoms with E-state index in [9.17, 15) is 4.79 Å². The molecule has 1 fully saturated rings. The number of carbonyl (C=O) groups is 1. The van der Waals surface area contributed by atoms with Crippen molar-refractivity contribution < 1.29 is 14.4 Å². The molecule has 1 amide bonds. The molecule has 0 aromatic heterocycles. The molecule has 0 radical (unpaired) electrons. The molecule has 2 aromatic rings. The van der Waals surface area contributed by atoms with Gasteiger partial charge in [-0.25, -0.2) is 4.42 Å². The highest BCUT2D eigenvalue weighted by Gasteiger charge is 2.12. The van der Waals surface area contributed by atoms with E-state index < -0.39 is 0 Å². The number of morpholine rings is 1. The number of ether oxygens (including phenoxy) is 1. The van der Waals surface area contributed by atoms with Gasteiger partial charge in [-0.15, -0.1) is 0 Å². The second kappa shape index (κ2) is 11.3. The van der Waals surface area contributed by atoms with Crippen molar-refractivity contribution >= 4 is 41.3 Å². The predicted octanol–water partition coefficient (Wildman–Crippen LogP) is 3.15. The van der Waals surface area contributed by atoms with Crippen molar-refractivity contribution in [3.63, 3.8) is 0 Å². The second-order valence-corrected chi connectivity index (χ2v) is 7.04. The maximum absolute atomic E-state index is 12.3. The summed E-state index contributed by atoms with van der Waals surface area (Å²) >= 11 is 6.10. The number of halogens is 1. The molecule has 1 saturated heterocycles. The summed E-state index contributed by atoms with van der Waals surface area (Å²) in [6, 6.07) is 14.5. The third kappa shape index (κ3) is 6.59. The van der Waals surface area contributed by atoms with Gasteiger partial charge in [0, 0.05) is 37.5 Å². The number of benzene rings is 2. The molecular formula is C22H25ClN4O3. The van der Waals surface area contributed by atoms with Crippen molar-refractivity contribution in [2.45, 2.75) is 0 Å². The van der Waals surface area contributed by atoms with Gasteiger partial charge in [-0.05, 0) is 29.3 Å². The molecule has 3 rings (SSSR count). The number of nitrogen functional groups attached to an aromatic ring is 1. The van der Waals surface area contributed by atoms with Gasteiger partial charge in [0.25, 0.3) is 5.91 Å². The molecular weight excluding hydrogens is 404 g/mol. The summed E-state index contributed by atoms with van der Waals surface area (Å²) in [5, 5.41) is 4.00. The Morgan fingerprint density at radius 2 is 1.87 bits per heavy atom. The Labute approximate surface area is 181 Å². The van der Waals surface area contributed by atoms with Gasteiger partial charge in [-0.1, -0.05) is 41.6 Å². The standard InChI is InChI=1S/C22H25ClN4O3/c23-27(21-4-2-1-3-20(21)24)22(28)10-9-18-5-7-19(8-6-18)17-25-30-16-13-26-11-14-29-15-12-26/h1-10,17H,11-16,24H2/b10-9+,25-17?. The topological polar surface area (TPSA) is 80.4 Å². The fourth-order valence-electron chi connectivity index (χ4n) is 2.86. The fraction of sp³-hybridized carbons (Fsp3) is 0.273. The van der Waals surface area contributed by atoms with Crippen LogP contribution < -0.4 is 10.2 Å². The SMILES string of the molecule is Nc1ccccc1N(Cl)C(=O)/C=C/c1ccc(C=NOCCN2CCOCC2)cc1. The molecule has 2 aromatic carbocycles. The van der Waals surface area contributed by atoms with Gasteiger partial charge < -0.3 is 15.3 Å². The summed E-state index contributed by atoms with van der Waals surface area (Å²) in [7, 11) is 0. The first-order chi connectivity index (χ1) is 14.6. The maximum Gasteiger partial charge on any atom is 0.265 e. The number of hydrogen-bond donors (Lipinski definition) is 1. The van der Waals surface area contributed by atoms with Gasteiger partial charge >= 0.3 is 0 Å². The van der Waals surface area contributed by atoms with E-state index in [0.29, 0.717) is 18.0 Å². The summed E-state index contributed by atoms with van der Waals surface area (Å²) in [5.74, 6) is -0.381. The fourth-order valence-corrected chi connectivity index (χ4v) is 3.07. The number of oxime groups is 1. The van der Waals surface area contributed by atoms with E-state index in [-0.39, 0.29) is 5.91 Å². The number of nitrogens with zero attached hydrogens (tertiary/aromatic N) is 3. The van der Waals surface area contributed by atoms with Gasteiger partial charge in [0.2, 0.25) is 0 Å². The Kier molecular flexibility index (Phi) is 8.26. The number of amides is 1. The molecule has 1 aliphatic heterocycles. The summed E-state index contributed by atoms with van der Waals surface area (Å²) < 4.78 is 6.31. The third-order valence-corrected chi connectivity index (χ3v) is 4.92. The van der Waals surface area contributed by atoms with Crippen LogP contribution in [0.1, 0.15) is 11.1 Å². The molecule has 0 spiro atoms. The van der Waals surface area contributed by atoms with Crippen molar-refractivity contribution in [2.24, 2.45) is 5.16 Å². The molecule has 0 atom stereocenters. The molecule has 2 N–H and O–H groups in total. The van der Waals surface area contributed by atoms with Crippen LogP contribution in [0, 0.1) is 0 Å². The number of para-hydroxylation sites is 2. The van der Waals surface area contributed by atoms with E-state index in [1.807, 2.05) is 24.3 Å². The largest absolute Gasteiger partial charge is 0.397 e. The highest BCUT2D eigenvalue weighted by Crippen LogP contribution is 2.24. The Morgan fingerprint density at radius 3 is 2.60 bits per heavy atom. The normalized spacial score (nSPS) is 15.0. The second-order valence-electron chi connectivity index (χ2n) is 6.70. The molecule has 1 heterocycles. The monoisotopic (exact) mass is 428 g/mol. The zero-order chi connectivity index (χ0) is 21.2. The summed E-state index contributed by atoms with van der Waals surface area (Å²) in [6.45, 7) is 4.80. The highest BCUT2D eigenvalue weighted by molar-refractivity contribution is 6.39. The van der Waals surface area contributed by atoms with Gasteiger partial charge in [0.15, 0.2) is 0 Å². The number of carbonyl (C=O) groups excluding carboxylic acids is 1. The van der Waals surface area contributed by atoms with Gasteiger partial charge in [0.05, 0.1) is 30.8 Å². The van der Waals surface area contributed by atoms with Crippen LogP contribution in [-0.2, 0) is 14.4 Å². The number of rotatable bonds is 8. The minimum absolute atomic E-state index is 0.381. The van der Waals surface area contributed by atoms with Crippen LogP contribution in [0.15, 0.2) is 59.8 Å². The summed E-state index contributed by atoms with van der Waals surface area (Å²) in [6.07, 6.45) is 4.75. The lowest BCUT2D eigenvalue weighted by Gasteiger charge is -2.25. The molecule has 0 unspecified atom stereocenters. The van der Waals surface area contributed by atoms with E-state index in [2.05, 4.69) is 10.1 Å².